The first kappa shape index (κ1) is 19.3. The van der Waals surface area contributed by atoms with Gasteiger partial charge >= 0.3 is 0 Å². The zero-order valence-corrected chi connectivity index (χ0v) is 15.2. The van der Waals surface area contributed by atoms with E-state index in [9.17, 15) is 13.6 Å². The van der Waals surface area contributed by atoms with Crippen LogP contribution < -0.4 is 0 Å². The van der Waals surface area contributed by atoms with Gasteiger partial charge in [-0.2, -0.15) is 0 Å². The highest BCUT2D eigenvalue weighted by Gasteiger charge is 2.40. The van der Waals surface area contributed by atoms with E-state index in [0.29, 0.717) is 17.0 Å². The summed E-state index contributed by atoms with van der Waals surface area (Å²) in [6, 6.07) is 2.81. The minimum Gasteiger partial charge on any atom is -0.377 e. The number of ether oxygens (including phenoxy) is 1. The summed E-state index contributed by atoms with van der Waals surface area (Å²) in [5, 5.41) is 0.156. The number of halogens is 3. The van der Waals surface area contributed by atoms with E-state index in [1.165, 1.54) is 12.4 Å². The largest absolute Gasteiger partial charge is 0.377 e. The van der Waals surface area contributed by atoms with Crippen molar-refractivity contribution in [1.82, 2.24) is 19.9 Å². The number of aromatic nitrogens is 3. The average molecular weight is 395 g/mol. The molecule has 2 aromatic rings. The van der Waals surface area contributed by atoms with Gasteiger partial charge in [-0.25, -0.2) is 23.7 Å². The number of rotatable bonds is 4. The van der Waals surface area contributed by atoms with E-state index in [1.807, 2.05) is 6.92 Å². The van der Waals surface area contributed by atoms with Gasteiger partial charge in [-0.15, -0.1) is 0 Å². The molecule has 1 fully saturated rings. The minimum atomic E-state index is -2.75. The molecular weight excluding hydrogens is 378 g/mol. The molecular formula is C18H17ClF2N4O2. The fourth-order valence-electron chi connectivity index (χ4n) is 3.00. The van der Waals surface area contributed by atoms with E-state index >= 15 is 0 Å². The molecule has 1 aliphatic heterocycles. The zero-order chi connectivity index (χ0) is 19.6. The van der Waals surface area contributed by atoms with Crippen molar-refractivity contribution in [2.45, 2.75) is 25.4 Å². The maximum atomic E-state index is 13.5. The second-order valence-electron chi connectivity index (χ2n) is 6.06. The van der Waals surface area contributed by atoms with Gasteiger partial charge in [0, 0.05) is 5.69 Å². The number of aryl methyl sites for hydroxylation is 1. The Morgan fingerprint density at radius 2 is 2.11 bits per heavy atom. The molecule has 0 aromatic carbocycles. The van der Waals surface area contributed by atoms with Gasteiger partial charge in [-0.1, -0.05) is 18.2 Å². The van der Waals surface area contributed by atoms with Gasteiger partial charge in [0.1, 0.15) is 17.5 Å². The summed E-state index contributed by atoms with van der Waals surface area (Å²) in [6.07, 6.45) is -0.333. The molecule has 1 amide bonds. The minimum absolute atomic E-state index is 0.0609. The number of carbonyl (C=O) groups excluding carboxylic acids is 1. The normalized spacial score (nSPS) is 20.0. The fraction of sp³-hybridized carbons (Fsp3) is 0.333. The third kappa shape index (κ3) is 4.12. The lowest BCUT2D eigenvalue weighted by Crippen LogP contribution is -2.53. The quantitative estimate of drug-likeness (QED) is 0.588. The molecule has 27 heavy (non-hydrogen) atoms. The Morgan fingerprint density at radius 1 is 1.33 bits per heavy atom. The SMILES string of the molecule is C=CC(=O)N1C(C(F)F)COC[C@H]1c1cc(Cl)nc(-c2cc(C)ncn2)c1. The molecule has 9 heteroatoms. The first-order valence-electron chi connectivity index (χ1n) is 8.18. The van der Waals surface area contributed by atoms with Gasteiger partial charge in [0.15, 0.2) is 0 Å². The summed E-state index contributed by atoms with van der Waals surface area (Å²) < 4.78 is 32.3. The van der Waals surface area contributed by atoms with Crippen molar-refractivity contribution in [2.24, 2.45) is 0 Å². The van der Waals surface area contributed by atoms with Crippen LogP contribution in [0.5, 0.6) is 0 Å². The molecule has 0 aliphatic carbocycles. The molecule has 0 N–H and O–H groups in total. The third-order valence-electron chi connectivity index (χ3n) is 4.24. The Bertz CT molecular complexity index is 865. The Kier molecular flexibility index (Phi) is 5.76. The van der Waals surface area contributed by atoms with Crippen LogP contribution in [-0.4, -0.2) is 51.4 Å². The Labute approximate surface area is 159 Å². The van der Waals surface area contributed by atoms with Crippen molar-refractivity contribution < 1.29 is 18.3 Å². The van der Waals surface area contributed by atoms with Crippen molar-refractivity contribution in [3.8, 4) is 11.4 Å². The molecule has 1 aliphatic rings. The molecule has 3 heterocycles. The van der Waals surface area contributed by atoms with Crippen LogP contribution in [0.1, 0.15) is 17.3 Å². The molecule has 2 atom stereocenters. The van der Waals surface area contributed by atoms with E-state index in [4.69, 9.17) is 16.3 Å². The van der Waals surface area contributed by atoms with Crippen molar-refractivity contribution in [3.63, 3.8) is 0 Å². The second kappa shape index (κ2) is 8.06. The Balaban J connectivity index is 2.05. The van der Waals surface area contributed by atoms with E-state index in [-0.39, 0.29) is 18.4 Å². The molecule has 0 saturated carbocycles. The topological polar surface area (TPSA) is 68.2 Å². The number of carbonyl (C=O) groups is 1. The van der Waals surface area contributed by atoms with Crippen LogP contribution in [0, 0.1) is 6.92 Å². The molecule has 0 bridgehead atoms. The van der Waals surface area contributed by atoms with Crippen LogP contribution in [0.2, 0.25) is 5.15 Å². The third-order valence-corrected chi connectivity index (χ3v) is 4.44. The highest BCUT2D eigenvalue weighted by atomic mass is 35.5. The summed E-state index contributed by atoms with van der Waals surface area (Å²) >= 11 is 6.15. The maximum Gasteiger partial charge on any atom is 0.260 e. The first-order chi connectivity index (χ1) is 12.9. The number of morpholine rings is 1. The monoisotopic (exact) mass is 394 g/mol. The van der Waals surface area contributed by atoms with Gasteiger partial charge in [0.2, 0.25) is 5.91 Å². The van der Waals surface area contributed by atoms with E-state index in [2.05, 4.69) is 21.5 Å². The van der Waals surface area contributed by atoms with Crippen LogP contribution in [0.4, 0.5) is 8.78 Å². The van der Waals surface area contributed by atoms with Crippen molar-refractivity contribution >= 4 is 17.5 Å². The van der Waals surface area contributed by atoms with E-state index in [0.717, 1.165) is 16.7 Å². The van der Waals surface area contributed by atoms with Gasteiger partial charge in [-0.05, 0) is 36.8 Å². The summed E-state index contributed by atoms with van der Waals surface area (Å²) in [6.45, 7) is 5.04. The van der Waals surface area contributed by atoms with Gasteiger partial charge in [-0.3, -0.25) is 4.79 Å². The molecule has 1 saturated heterocycles. The summed E-state index contributed by atoms with van der Waals surface area (Å²) in [5.74, 6) is -0.596. The number of nitrogens with zero attached hydrogens (tertiary/aromatic N) is 4. The molecule has 0 spiro atoms. The van der Waals surface area contributed by atoms with Crippen LogP contribution in [-0.2, 0) is 9.53 Å². The highest BCUT2D eigenvalue weighted by Crippen LogP contribution is 2.33. The van der Waals surface area contributed by atoms with Gasteiger partial charge < -0.3 is 9.64 Å². The molecule has 142 valence electrons. The number of hydrogen-bond acceptors (Lipinski definition) is 5. The fourth-order valence-corrected chi connectivity index (χ4v) is 3.22. The highest BCUT2D eigenvalue weighted by molar-refractivity contribution is 6.29. The Hall–Kier alpha value is -2.45. The summed E-state index contributed by atoms with van der Waals surface area (Å²) in [7, 11) is 0. The molecule has 0 radical (unpaired) electrons. The molecule has 3 rings (SSSR count). The van der Waals surface area contributed by atoms with Crippen LogP contribution in [0.3, 0.4) is 0 Å². The van der Waals surface area contributed by atoms with Gasteiger partial charge in [0.05, 0.1) is 30.6 Å². The molecule has 6 nitrogen and oxygen atoms in total. The zero-order valence-electron chi connectivity index (χ0n) is 14.5. The van der Waals surface area contributed by atoms with Crippen LogP contribution >= 0.6 is 11.6 Å². The number of pyridine rings is 1. The Morgan fingerprint density at radius 3 is 2.78 bits per heavy atom. The predicted molar refractivity (Wildman–Crippen MR) is 95.4 cm³/mol. The van der Waals surface area contributed by atoms with Crippen molar-refractivity contribution in [2.75, 3.05) is 13.2 Å². The summed E-state index contributed by atoms with van der Waals surface area (Å²) in [5.41, 5.74) is 2.26. The average Bonchev–Trinajstić information content (AvgIpc) is 2.66. The van der Waals surface area contributed by atoms with Crippen LogP contribution in [0.25, 0.3) is 11.4 Å². The molecule has 1 unspecified atom stereocenters. The number of hydrogen-bond donors (Lipinski definition) is 0. The van der Waals surface area contributed by atoms with Crippen molar-refractivity contribution in [3.05, 3.63) is 53.6 Å². The number of amides is 1. The smallest absolute Gasteiger partial charge is 0.260 e. The first-order valence-corrected chi connectivity index (χ1v) is 8.55. The second-order valence-corrected chi connectivity index (χ2v) is 6.45. The standard InChI is InChI=1S/C18H17ClF2N4O2/c1-3-17(26)25-14(7-27-8-15(25)18(20)21)11-5-13(24-16(19)6-11)12-4-10(2)22-9-23-12/h3-6,9,14-15,18H,1,7-8H2,2H3/t14-,15?/m0/s1. The maximum absolute atomic E-state index is 13.5. The predicted octanol–water partition coefficient (Wildman–Crippen LogP) is 3.22. The number of alkyl halides is 2. The van der Waals surface area contributed by atoms with Crippen LogP contribution in [0.15, 0.2) is 37.2 Å². The van der Waals surface area contributed by atoms with Crippen molar-refractivity contribution in [1.29, 1.82) is 0 Å². The lowest BCUT2D eigenvalue weighted by Gasteiger charge is -2.41. The van der Waals surface area contributed by atoms with Gasteiger partial charge in [0.25, 0.3) is 6.43 Å². The lowest BCUT2D eigenvalue weighted by atomic mass is 10.0. The van der Waals surface area contributed by atoms with E-state index < -0.39 is 24.4 Å². The molecule has 2 aromatic heterocycles. The summed E-state index contributed by atoms with van der Waals surface area (Å²) in [4.78, 5) is 25.9. The lowest BCUT2D eigenvalue weighted by molar-refractivity contribution is -0.151. The van der Waals surface area contributed by atoms with E-state index in [1.54, 1.807) is 12.1 Å².